The highest BCUT2D eigenvalue weighted by Gasteiger charge is 2.54. The van der Waals surface area contributed by atoms with Gasteiger partial charge in [0.2, 0.25) is 0 Å². The van der Waals surface area contributed by atoms with Gasteiger partial charge in [0.05, 0.1) is 0 Å². The van der Waals surface area contributed by atoms with E-state index >= 15 is 0 Å². The average molecular weight is 560 g/mol. The van der Waals surface area contributed by atoms with Crippen molar-refractivity contribution < 1.29 is 24.3 Å². The van der Waals surface area contributed by atoms with Crippen LogP contribution in [0, 0.1) is 0 Å². The van der Waals surface area contributed by atoms with Crippen LogP contribution in [0.1, 0.15) is 5.69 Å². The summed E-state index contributed by atoms with van der Waals surface area (Å²) in [4.78, 5) is 48.3. The lowest BCUT2D eigenvalue weighted by molar-refractivity contribution is -0.150. The van der Waals surface area contributed by atoms with Gasteiger partial charge in [-0.25, -0.2) is 9.78 Å². The molecule has 0 saturated carbocycles. The Labute approximate surface area is 213 Å². The molecule has 12 nitrogen and oxygen atoms in total. The fraction of sp³-hybridized carbons (Fsp3) is 0.353. The van der Waals surface area contributed by atoms with Crippen LogP contribution in [0.3, 0.4) is 0 Å². The maximum absolute atomic E-state index is 13.0. The molecule has 2 unspecified atom stereocenters. The zero-order chi connectivity index (χ0) is 24.2. The minimum Gasteiger partial charge on any atom is -0.477 e. The van der Waals surface area contributed by atoms with E-state index in [0.29, 0.717) is 21.4 Å². The van der Waals surface area contributed by atoms with Crippen LogP contribution in [0.4, 0.5) is 5.13 Å². The van der Waals surface area contributed by atoms with Crippen molar-refractivity contribution in [2.45, 2.75) is 15.8 Å². The van der Waals surface area contributed by atoms with Gasteiger partial charge in [-0.15, -0.1) is 45.1 Å². The Bertz CT molecular complexity index is 1150. The molecule has 17 heteroatoms. The molecule has 1 fully saturated rings. The molecule has 0 aliphatic carbocycles. The van der Waals surface area contributed by atoms with E-state index in [0.717, 1.165) is 11.3 Å². The maximum Gasteiger partial charge on any atom is 0.352 e. The number of aliphatic carboxylic acids is 1. The Morgan fingerprint density at radius 1 is 1.44 bits per heavy atom. The Balaban J connectivity index is 1.49. The number of carbonyl (C=O) groups is 3. The molecule has 34 heavy (non-hydrogen) atoms. The lowest BCUT2D eigenvalue weighted by Gasteiger charge is -2.49. The van der Waals surface area contributed by atoms with E-state index < -0.39 is 29.2 Å². The molecule has 2 amide bonds. The Kier molecular flexibility index (Phi) is 7.97. The van der Waals surface area contributed by atoms with Crippen molar-refractivity contribution in [3.63, 3.8) is 0 Å². The van der Waals surface area contributed by atoms with Crippen LogP contribution in [-0.2, 0) is 19.2 Å². The molecular formula is C17H17N7O5S5. The predicted molar refractivity (Wildman–Crippen MR) is 133 cm³/mol. The second-order valence-electron chi connectivity index (χ2n) is 6.66. The van der Waals surface area contributed by atoms with Crippen LogP contribution < -0.4 is 11.1 Å². The van der Waals surface area contributed by atoms with E-state index in [4.69, 9.17) is 10.6 Å². The van der Waals surface area contributed by atoms with E-state index in [-0.39, 0.29) is 28.2 Å². The number of carboxylic acid groups (broad SMARTS) is 1. The second-order valence-corrected chi connectivity index (χ2v) is 11.5. The number of oxime groups is 1. The number of fused-ring (bicyclic) bond motifs is 1. The number of carbonyl (C=O) groups excluding carboxylic acids is 2. The van der Waals surface area contributed by atoms with Crippen LogP contribution in [0.2, 0.25) is 0 Å². The smallest absolute Gasteiger partial charge is 0.352 e. The fourth-order valence-corrected chi connectivity index (χ4v) is 6.80. The highest BCUT2D eigenvalue weighted by molar-refractivity contribution is 8.01. The number of carboxylic acids is 1. The topological polar surface area (TPSA) is 173 Å². The number of thioether (sulfide) groups is 3. The first-order valence-corrected chi connectivity index (χ1v) is 14.6. The van der Waals surface area contributed by atoms with Crippen molar-refractivity contribution in [2.75, 3.05) is 29.4 Å². The van der Waals surface area contributed by atoms with Gasteiger partial charge >= 0.3 is 5.97 Å². The zero-order valence-electron chi connectivity index (χ0n) is 17.4. The average Bonchev–Trinajstić information content (AvgIpc) is 3.49. The highest BCUT2D eigenvalue weighted by atomic mass is 32.2. The molecule has 0 bridgehead atoms. The van der Waals surface area contributed by atoms with Crippen LogP contribution in [0.15, 0.2) is 31.7 Å². The third kappa shape index (κ3) is 5.17. The Morgan fingerprint density at radius 3 is 2.91 bits per heavy atom. The molecule has 0 radical (unpaired) electrons. The summed E-state index contributed by atoms with van der Waals surface area (Å²) in [5.41, 5.74) is 7.93. The molecule has 4 N–H and O–H groups in total. The number of β-lactam (4-membered cyclic amide) rings is 1. The first kappa shape index (κ1) is 24.8. The molecule has 2 atom stereocenters. The van der Waals surface area contributed by atoms with E-state index in [2.05, 4.69) is 25.7 Å². The quantitative estimate of drug-likeness (QED) is 0.0948. The largest absolute Gasteiger partial charge is 0.477 e. The van der Waals surface area contributed by atoms with Crippen LogP contribution >= 0.6 is 58.0 Å². The van der Waals surface area contributed by atoms with Gasteiger partial charge in [-0.2, -0.15) is 0 Å². The predicted octanol–water partition coefficient (Wildman–Crippen LogP) is 1.15. The van der Waals surface area contributed by atoms with Gasteiger partial charge in [0.25, 0.3) is 11.8 Å². The summed E-state index contributed by atoms with van der Waals surface area (Å²) in [5, 5.41) is 25.3. The number of thiazole rings is 1. The molecule has 2 aromatic rings. The number of nitrogens with one attached hydrogen (secondary N) is 1. The highest BCUT2D eigenvalue weighted by Crippen LogP contribution is 2.41. The normalized spacial score (nSPS) is 20.1. The molecule has 0 aromatic carbocycles. The molecule has 2 aromatic heterocycles. The number of rotatable bonds is 10. The van der Waals surface area contributed by atoms with Gasteiger partial charge < -0.3 is 21.0 Å². The van der Waals surface area contributed by atoms with Gasteiger partial charge in [0.1, 0.15) is 28.3 Å². The van der Waals surface area contributed by atoms with Gasteiger partial charge in [0, 0.05) is 16.9 Å². The van der Waals surface area contributed by atoms with E-state index in [1.807, 2.05) is 6.26 Å². The third-order valence-electron chi connectivity index (χ3n) is 4.55. The van der Waals surface area contributed by atoms with Crippen LogP contribution in [-0.4, -0.2) is 83.8 Å². The summed E-state index contributed by atoms with van der Waals surface area (Å²) in [6.45, 7) is 0. The Morgan fingerprint density at radius 2 is 2.26 bits per heavy atom. The van der Waals surface area contributed by atoms with Gasteiger partial charge in [-0.05, 0) is 11.8 Å². The first-order chi connectivity index (χ1) is 16.4. The van der Waals surface area contributed by atoms with Crippen LogP contribution in [0.25, 0.3) is 0 Å². The number of aromatic nitrogens is 3. The monoisotopic (exact) mass is 559 g/mol. The van der Waals surface area contributed by atoms with Gasteiger partial charge in [-0.3, -0.25) is 14.5 Å². The summed E-state index contributed by atoms with van der Waals surface area (Å²) >= 11 is 6.61. The maximum atomic E-state index is 13.0. The molecule has 4 rings (SSSR count). The van der Waals surface area contributed by atoms with Crippen LogP contribution in [0.5, 0.6) is 0 Å². The molecule has 2 aliphatic rings. The van der Waals surface area contributed by atoms with Crippen molar-refractivity contribution in [1.82, 2.24) is 25.4 Å². The SMILES string of the molecule is CSCO/N=C(/C(=O)NC1C(=O)N2C(C(=O)O)=C(CSc3nncs3)CSC12)c1csc(N)n1. The number of hydrogen-bond donors (Lipinski definition) is 3. The lowest BCUT2D eigenvalue weighted by atomic mass is 10.0. The summed E-state index contributed by atoms with van der Waals surface area (Å²) in [5.74, 6) is -1.38. The zero-order valence-corrected chi connectivity index (χ0v) is 21.4. The summed E-state index contributed by atoms with van der Waals surface area (Å²) in [7, 11) is 0. The van der Waals surface area contributed by atoms with E-state index in [9.17, 15) is 19.5 Å². The standard InChI is InChI=1S/C17H17N7O5S5/c1-30-6-29-23-9(8-4-32-16(18)20-8)12(25)21-10-13(26)24-11(15(27)28)7(2-31-14(10)24)3-33-17-22-19-5-34-17/h4-5,10,14H,2-3,6H2,1H3,(H2,18,20)(H,21,25)(H,27,28)/b23-9+. The minimum absolute atomic E-state index is 0.0549. The third-order valence-corrected chi connectivity index (χ3v) is 8.85. The first-order valence-electron chi connectivity index (χ1n) is 9.40. The van der Waals surface area contributed by atoms with Crippen molar-refractivity contribution >= 4 is 86.6 Å². The fourth-order valence-electron chi connectivity index (χ4n) is 3.12. The molecule has 2 aliphatic heterocycles. The summed E-state index contributed by atoms with van der Waals surface area (Å²) < 4.78 is 0.711. The van der Waals surface area contributed by atoms with Crippen molar-refractivity contribution in [3.05, 3.63) is 27.9 Å². The summed E-state index contributed by atoms with van der Waals surface area (Å²) in [6.07, 6.45) is 1.81. The molecule has 180 valence electrons. The molecule has 4 heterocycles. The number of nitrogens with zero attached hydrogens (tertiary/aromatic N) is 5. The van der Waals surface area contributed by atoms with Gasteiger partial charge in [0.15, 0.2) is 21.1 Å². The summed E-state index contributed by atoms with van der Waals surface area (Å²) in [6, 6.07) is -0.911. The molecule has 1 saturated heterocycles. The van der Waals surface area contributed by atoms with E-state index in [1.54, 1.807) is 10.9 Å². The number of hydrogen-bond acceptors (Lipinski definition) is 14. The molecular weight excluding hydrogens is 543 g/mol. The Hall–Kier alpha value is -2.34. The number of anilines is 1. The lowest BCUT2D eigenvalue weighted by Crippen LogP contribution is -2.71. The minimum atomic E-state index is -1.19. The number of nitrogen functional groups attached to an aromatic ring is 1. The number of amides is 2. The van der Waals surface area contributed by atoms with Crippen molar-refractivity contribution in [1.29, 1.82) is 0 Å². The second kappa shape index (κ2) is 10.9. The van der Waals surface area contributed by atoms with Crippen molar-refractivity contribution in [2.24, 2.45) is 5.16 Å². The number of nitrogens with two attached hydrogens (primary N) is 1. The van der Waals surface area contributed by atoms with E-state index in [1.165, 1.54) is 51.5 Å². The van der Waals surface area contributed by atoms with Crippen molar-refractivity contribution in [3.8, 4) is 0 Å². The van der Waals surface area contributed by atoms with Gasteiger partial charge in [-0.1, -0.05) is 28.3 Å². The molecule has 0 spiro atoms.